The van der Waals surface area contributed by atoms with Crippen molar-refractivity contribution in [1.29, 1.82) is 0 Å². The van der Waals surface area contributed by atoms with E-state index in [1.54, 1.807) is 24.3 Å². The molecule has 0 spiro atoms. The van der Waals surface area contributed by atoms with Crippen LogP contribution in [0.25, 0.3) is 6.08 Å². The molecule has 0 radical (unpaired) electrons. The zero-order chi connectivity index (χ0) is 30.8. The first-order valence-electron chi connectivity index (χ1n) is 14.3. The maximum absolute atomic E-state index is 14.3. The summed E-state index contributed by atoms with van der Waals surface area (Å²) in [5.41, 5.74) is 6.61. The Hall–Kier alpha value is -4.86. The summed E-state index contributed by atoms with van der Waals surface area (Å²) in [6.07, 6.45) is 3.73. The Labute approximate surface area is 254 Å². The average Bonchev–Trinajstić information content (AvgIpc) is 3.44. The van der Waals surface area contributed by atoms with Crippen LogP contribution in [0.1, 0.15) is 41.2 Å². The number of carbonyl (C=O) groups excluding carboxylic acids is 1. The lowest BCUT2D eigenvalue weighted by molar-refractivity contribution is -0.129. The molecule has 4 aromatic rings. The average molecular weight is 598 g/mol. The number of hydrogen-bond donors (Lipinski definition) is 3. The number of aliphatic hydroxyl groups is 1. The summed E-state index contributed by atoms with van der Waals surface area (Å²) < 4.78 is 39.8. The third-order valence-corrected chi connectivity index (χ3v) is 7.17. The summed E-state index contributed by atoms with van der Waals surface area (Å²) in [5.74, 6) is -0.964. The van der Waals surface area contributed by atoms with Crippen LogP contribution in [0.2, 0.25) is 0 Å². The molecule has 44 heavy (non-hydrogen) atoms. The van der Waals surface area contributed by atoms with Gasteiger partial charge in [0.15, 0.2) is 11.6 Å². The Morgan fingerprint density at radius 3 is 2.41 bits per heavy atom. The Balaban J connectivity index is 1.47. The number of amides is 1. The van der Waals surface area contributed by atoms with Crippen molar-refractivity contribution < 1.29 is 28.2 Å². The second kappa shape index (κ2) is 14.5. The highest BCUT2D eigenvalue weighted by Gasteiger charge is 2.52. The lowest BCUT2D eigenvalue weighted by Crippen LogP contribution is -2.52. The van der Waals surface area contributed by atoms with E-state index >= 15 is 0 Å². The standard InChI is InChI=1S/C35H33F2N3O4/c36-29-17-14-28(31(37)23-29)24-38-40-34(42)35(20-7-11-25-9-3-1-4-10-25)32(26-12-5-2-6-13-26)44-33(39-35)27-15-18-30(19-16-27)43-22-8-21-41/h1-7,9-19,23,32,38,41H,8,20-22,24H2,(H,40,42)/b11-7+/t32-,35-/m0/s1. The molecular weight excluding hydrogens is 564 g/mol. The van der Waals surface area contributed by atoms with Crippen LogP contribution in [0.4, 0.5) is 8.78 Å². The maximum atomic E-state index is 14.3. The Bertz CT molecular complexity index is 1600. The van der Waals surface area contributed by atoms with Crippen molar-refractivity contribution in [3.05, 3.63) is 143 Å². The van der Waals surface area contributed by atoms with Gasteiger partial charge in [-0.1, -0.05) is 78.9 Å². The summed E-state index contributed by atoms with van der Waals surface area (Å²) in [6.45, 7) is 0.356. The highest BCUT2D eigenvalue weighted by Crippen LogP contribution is 2.43. The minimum atomic E-state index is -1.44. The molecule has 0 aromatic heterocycles. The van der Waals surface area contributed by atoms with Crippen LogP contribution in [-0.2, 0) is 16.1 Å². The largest absolute Gasteiger partial charge is 0.494 e. The van der Waals surface area contributed by atoms with Crippen LogP contribution in [0.15, 0.2) is 114 Å². The molecule has 0 bridgehead atoms. The number of nitrogens with one attached hydrogen (secondary N) is 2. The van der Waals surface area contributed by atoms with Gasteiger partial charge in [0.25, 0.3) is 5.91 Å². The van der Waals surface area contributed by atoms with Crippen molar-refractivity contribution in [3.63, 3.8) is 0 Å². The van der Waals surface area contributed by atoms with E-state index in [-0.39, 0.29) is 31.0 Å². The molecule has 3 N–H and O–H groups in total. The minimum absolute atomic E-state index is 0.0418. The van der Waals surface area contributed by atoms with E-state index in [1.807, 2.05) is 72.8 Å². The van der Waals surface area contributed by atoms with E-state index in [9.17, 15) is 13.6 Å². The van der Waals surface area contributed by atoms with Crippen molar-refractivity contribution in [2.45, 2.75) is 31.0 Å². The predicted octanol–water partition coefficient (Wildman–Crippen LogP) is 5.91. The number of hydrogen-bond acceptors (Lipinski definition) is 6. The highest BCUT2D eigenvalue weighted by molar-refractivity contribution is 6.01. The summed E-state index contributed by atoms with van der Waals surface area (Å²) in [7, 11) is 0. The molecule has 0 fully saturated rings. The molecule has 2 atom stereocenters. The van der Waals surface area contributed by atoms with Gasteiger partial charge in [0.05, 0.1) is 6.61 Å². The van der Waals surface area contributed by atoms with Gasteiger partial charge < -0.3 is 14.6 Å². The molecule has 0 saturated heterocycles. The molecular formula is C35H33F2N3O4. The van der Waals surface area contributed by atoms with Crippen molar-refractivity contribution in [2.75, 3.05) is 13.2 Å². The second-order valence-electron chi connectivity index (χ2n) is 10.3. The number of benzene rings is 4. The van der Waals surface area contributed by atoms with Crippen LogP contribution in [-0.4, -0.2) is 35.7 Å². The zero-order valence-corrected chi connectivity index (χ0v) is 24.0. The SMILES string of the molecule is O=C(NNCc1ccc(F)cc1F)[C@@]1(C/C=C/c2ccccc2)N=C(c2ccc(OCCCO)cc2)O[C@H]1c1ccccc1. The van der Waals surface area contributed by atoms with Crippen LogP contribution in [0.3, 0.4) is 0 Å². The van der Waals surface area contributed by atoms with Crippen LogP contribution >= 0.6 is 0 Å². The molecule has 0 unspecified atom stereocenters. The molecule has 7 nitrogen and oxygen atoms in total. The van der Waals surface area contributed by atoms with E-state index in [4.69, 9.17) is 19.6 Å². The molecule has 1 aliphatic heterocycles. The minimum Gasteiger partial charge on any atom is -0.494 e. The number of nitrogens with zero attached hydrogens (tertiary/aromatic N) is 1. The second-order valence-corrected chi connectivity index (χ2v) is 10.3. The number of aliphatic imine (C=N–C) groups is 1. The normalized spacial score (nSPS) is 17.7. The first-order valence-corrected chi connectivity index (χ1v) is 14.3. The number of aliphatic hydroxyl groups excluding tert-OH is 1. The van der Waals surface area contributed by atoms with Gasteiger partial charge in [0.1, 0.15) is 17.4 Å². The van der Waals surface area contributed by atoms with Gasteiger partial charge >= 0.3 is 0 Å². The van der Waals surface area contributed by atoms with E-state index in [1.165, 1.54) is 6.07 Å². The summed E-state index contributed by atoms with van der Waals surface area (Å²) in [4.78, 5) is 19.0. The molecule has 1 aliphatic rings. The summed E-state index contributed by atoms with van der Waals surface area (Å²) in [6, 6.07) is 29.5. The van der Waals surface area contributed by atoms with Crippen LogP contribution in [0, 0.1) is 11.6 Å². The van der Waals surface area contributed by atoms with Crippen molar-refractivity contribution in [2.24, 2.45) is 4.99 Å². The van der Waals surface area contributed by atoms with Gasteiger partial charge in [-0.15, -0.1) is 0 Å². The maximum Gasteiger partial charge on any atom is 0.266 e. The third kappa shape index (κ3) is 7.37. The lowest BCUT2D eigenvalue weighted by atomic mass is 9.84. The van der Waals surface area contributed by atoms with Crippen molar-refractivity contribution in [1.82, 2.24) is 10.9 Å². The Morgan fingerprint density at radius 1 is 0.977 bits per heavy atom. The molecule has 226 valence electrons. The number of halogens is 2. The summed E-state index contributed by atoms with van der Waals surface area (Å²) >= 11 is 0. The van der Waals surface area contributed by atoms with Gasteiger partial charge in [-0.3, -0.25) is 10.2 Å². The number of ether oxygens (including phenoxy) is 2. The van der Waals surface area contributed by atoms with E-state index in [0.717, 1.165) is 23.3 Å². The fourth-order valence-electron chi connectivity index (χ4n) is 4.87. The molecule has 1 amide bonds. The predicted molar refractivity (Wildman–Crippen MR) is 165 cm³/mol. The third-order valence-electron chi connectivity index (χ3n) is 7.17. The molecule has 5 rings (SSSR count). The number of rotatable bonds is 13. The zero-order valence-electron chi connectivity index (χ0n) is 24.0. The molecule has 0 saturated carbocycles. The number of carbonyl (C=O) groups is 1. The van der Waals surface area contributed by atoms with Gasteiger partial charge in [0, 0.05) is 43.2 Å². The fraction of sp³-hybridized carbons (Fsp3) is 0.200. The van der Waals surface area contributed by atoms with Crippen molar-refractivity contribution in [3.8, 4) is 5.75 Å². The highest BCUT2D eigenvalue weighted by atomic mass is 19.1. The van der Waals surface area contributed by atoms with Gasteiger partial charge in [-0.05, 0) is 41.5 Å². The first-order chi connectivity index (χ1) is 21.5. The van der Waals surface area contributed by atoms with Crippen molar-refractivity contribution >= 4 is 17.9 Å². The summed E-state index contributed by atoms with van der Waals surface area (Å²) in [5, 5.41) is 9.02. The first kappa shape index (κ1) is 30.6. The Kier molecular flexibility index (Phi) is 10.1. The quantitative estimate of drug-likeness (QED) is 0.132. The fourth-order valence-corrected chi connectivity index (χ4v) is 4.87. The molecule has 1 heterocycles. The monoisotopic (exact) mass is 597 g/mol. The van der Waals surface area contributed by atoms with Crippen LogP contribution in [0.5, 0.6) is 5.75 Å². The Morgan fingerprint density at radius 2 is 1.70 bits per heavy atom. The van der Waals surface area contributed by atoms with Gasteiger partial charge in [-0.25, -0.2) is 19.2 Å². The molecule has 4 aromatic carbocycles. The number of hydrazine groups is 1. The van der Waals surface area contributed by atoms with E-state index in [0.29, 0.717) is 24.3 Å². The van der Waals surface area contributed by atoms with Gasteiger partial charge in [-0.2, -0.15) is 0 Å². The van der Waals surface area contributed by atoms with E-state index in [2.05, 4.69) is 10.9 Å². The smallest absolute Gasteiger partial charge is 0.266 e. The lowest BCUT2D eigenvalue weighted by Gasteiger charge is -2.29. The molecule has 0 aliphatic carbocycles. The van der Waals surface area contributed by atoms with E-state index < -0.39 is 29.2 Å². The van der Waals surface area contributed by atoms with Crippen LogP contribution < -0.4 is 15.6 Å². The topological polar surface area (TPSA) is 92.2 Å². The van der Waals surface area contributed by atoms with Gasteiger partial charge in [0.2, 0.25) is 5.90 Å². The molecule has 9 heteroatoms.